The Bertz CT molecular complexity index is 1650. The summed E-state index contributed by atoms with van der Waals surface area (Å²) in [5.41, 5.74) is 4.86. The van der Waals surface area contributed by atoms with Crippen LogP contribution in [0, 0.1) is 0 Å². The second kappa shape index (κ2) is 18.2. The van der Waals surface area contributed by atoms with E-state index in [-0.39, 0.29) is 18.1 Å². The number of carbonyl (C=O) groups excluding carboxylic acids is 2. The highest BCUT2D eigenvalue weighted by Gasteiger charge is 2.31. The van der Waals surface area contributed by atoms with Gasteiger partial charge in [-0.2, -0.15) is 0 Å². The summed E-state index contributed by atoms with van der Waals surface area (Å²) in [5.74, 6) is 0.238. The lowest BCUT2D eigenvalue weighted by molar-refractivity contribution is 0.0200. The summed E-state index contributed by atoms with van der Waals surface area (Å²) < 4.78 is 15.1. The molecule has 1 atom stereocenters. The van der Waals surface area contributed by atoms with E-state index in [0.717, 1.165) is 17.7 Å². The van der Waals surface area contributed by atoms with E-state index >= 15 is 0 Å². The number of aromatic nitrogens is 4. The normalized spacial score (nSPS) is 14.9. The first-order valence-electron chi connectivity index (χ1n) is 17.6. The maximum atomic E-state index is 12.5. The van der Waals surface area contributed by atoms with Crippen LogP contribution < -0.4 is 0 Å². The molecule has 0 spiro atoms. The molecule has 6 rings (SSSR count). The van der Waals surface area contributed by atoms with Gasteiger partial charge < -0.3 is 23.5 Å². The quantitative estimate of drug-likeness (QED) is 0.213. The van der Waals surface area contributed by atoms with Crippen molar-refractivity contribution in [3.8, 4) is 0 Å². The van der Waals surface area contributed by atoms with Gasteiger partial charge in [-0.05, 0) is 69.4 Å². The topological polar surface area (TPSA) is 94.7 Å². The molecule has 2 aliphatic heterocycles. The molecule has 0 N–H and O–H groups in total. The number of amides is 2. The third-order valence-electron chi connectivity index (χ3n) is 7.49. The molecule has 4 aromatic rings. The minimum atomic E-state index is -0.508. The van der Waals surface area contributed by atoms with Crippen molar-refractivity contribution in [3.63, 3.8) is 0 Å². The maximum Gasteiger partial charge on any atom is 0.414 e. The second-order valence-corrected chi connectivity index (χ2v) is 13.7. The lowest BCUT2D eigenvalue weighted by Gasteiger charge is -2.35. The van der Waals surface area contributed by atoms with Crippen LogP contribution in [-0.4, -0.2) is 58.8 Å². The summed E-state index contributed by atoms with van der Waals surface area (Å²) in [6, 6.07) is 16.5. The Balaban J connectivity index is 0.000000246. The van der Waals surface area contributed by atoms with Crippen molar-refractivity contribution in [1.29, 1.82) is 0 Å². The fraction of sp³-hybridized carbons (Fsp3) is 0.450. The van der Waals surface area contributed by atoms with Crippen LogP contribution in [0.1, 0.15) is 97.4 Å². The third-order valence-corrected chi connectivity index (χ3v) is 7.49. The van der Waals surface area contributed by atoms with Crippen molar-refractivity contribution < 1.29 is 19.1 Å². The van der Waals surface area contributed by atoms with Crippen molar-refractivity contribution in [1.82, 2.24) is 28.9 Å². The second-order valence-electron chi connectivity index (χ2n) is 13.7. The Kier molecular flexibility index (Phi) is 14.4. The van der Waals surface area contributed by atoms with E-state index in [0.29, 0.717) is 26.2 Å². The van der Waals surface area contributed by atoms with E-state index in [1.54, 1.807) is 28.5 Å². The molecule has 4 heterocycles. The molecule has 0 aliphatic carbocycles. The van der Waals surface area contributed by atoms with Gasteiger partial charge in [-0.1, -0.05) is 76.2 Å². The largest absolute Gasteiger partial charge is 0.444 e. The number of rotatable bonds is 4. The van der Waals surface area contributed by atoms with Gasteiger partial charge in [0.25, 0.3) is 0 Å². The lowest BCUT2D eigenvalue weighted by atomic mass is 9.90. The summed E-state index contributed by atoms with van der Waals surface area (Å²) in [6.07, 6.45) is 12.3. The van der Waals surface area contributed by atoms with Gasteiger partial charge in [-0.15, -0.1) is 0 Å². The number of hydrogen-bond acceptors (Lipinski definition) is 6. The molecule has 2 aliphatic rings. The minimum Gasteiger partial charge on any atom is -0.444 e. The summed E-state index contributed by atoms with van der Waals surface area (Å²) in [4.78, 5) is 36.5. The SMILES string of the molecule is CC.CC.CC(C)(C)OC(=O)N1C=C(Cn2ccnc2)c2ccccc2C1.CC(C)(C)OC(=O)N1Cc2ccccc2C(Cn2ccnc2)C1. The van der Waals surface area contributed by atoms with Crippen molar-refractivity contribution >= 4 is 17.8 Å². The standard InChI is InChI=1S/C18H23N3O2.C18H21N3O2.2C2H6/c2*1-18(2,3)23-17(22)21-11-14-6-4-5-7-16(14)15(12-21)10-20-9-8-19-13-20;2*1-2/h4-9,13,15H,10-12H2,1-3H3;4-9,12-13H,10-11H2,1-3H3;2*1-2H3. The van der Waals surface area contributed by atoms with Crippen molar-refractivity contribution in [2.75, 3.05) is 6.54 Å². The summed E-state index contributed by atoms with van der Waals surface area (Å²) in [7, 11) is 0. The predicted octanol–water partition coefficient (Wildman–Crippen LogP) is 9.14. The summed E-state index contributed by atoms with van der Waals surface area (Å²) in [6.45, 7) is 22.6. The van der Waals surface area contributed by atoms with Gasteiger partial charge in [-0.25, -0.2) is 19.6 Å². The number of carbonyl (C=O) groups is 2. The van der Waals surface area contributed by atoms with Crippen LogP contribution in [0.25, 0.3) is 5.57 Å². The van der Waals surface area contributed by atoms with E-state index in [1.807, 2.05) is 123 Å². The van der Waals surface area contributed by atoms with E-state index in [9.17, 15) is 9.59 Å². The van der Waals surface area contributed by atoms with Gasteiger partial charge in [0, 0.05) is 56.5 Å². The highest BCUT2D eigenvalue weighted by atomic mass is 16.6. The Morgan fingerprint density at radius 1 is 0.740 bits per heavy atom. The molecular weight excluding hydrogens is 628 g/mol. The molecule has 50 heavy (non-hydrogen) atoms. The summed E-state index contributed by atoms with van der Waals surface area (Å²) in [5, 5.41) is 0. The van der Waals surface area contributed by atoms with Crippen LogP contribution in [0.3, 0.4) is 0 Å². The molecule has 0 radical (unpaired) electrons. The number of fused-ring (bicyclic) bond motifs is 2. The molecule has 10 nitrogen and oxygen atoms in total. The van der Waals surface area contributed by atoms with Crippen molar-refractivity contribution in [2.45, 2.75) is 113 Å². The van der Waals surface area contributed by atoms with Gasteiger partial charge in [0.2, 0.25) is 0 Å². The van der Waals surface area contributed by atoms with Gasteiger partial charge in [0.05, 0.1) is 25.7 Å². The molecule has 0 bridgehead atoms. The fourth-order valence-corrected chi connectivity index (χ4v) is 5.58. The molecule has 2 aromatic carbocycles. The third kappa shape index (κ3) is 11.6. The lowest BCUT2D eigenvalue weighted by Crippen LogP contribution is -2.42. The zero-order chi connectivity index (χ0) is 36.9. The Hall–Kier alpha value is -4.86. The van der Waals surface area contributed by atoms with Gasteiger partial charge in [0.1, 0.15) is 11.2 Å². The van der Waals surface area contributed by atoms with Crippen LogP contribution in [0.2, 0.25) is 0 Å². The van der Waals surface area contributed by atoms with Gasteiger partial charge >= 0.3 is 12.2 Å². The molecule has 2 amide bonds. The molecule has 10 heteroatoms. The molecule has 0 saturated heterocycles. The van der Waals surface area contributed by atoms with Crippen molar-refractivity contribution in [2.24, 2.45) is 0 Å². The van der Waals surface area contributed by atoms with E-state index in [4.69, 9.17) is 9.47 Å². The first kappa shape index (κ1) is 39.6. The Morgan fingerprint density at radius 3 is 1.90 bits per heavy atom. The zero-order valence-corrected chi connectivity index (χ0v) is 31.6. The van der Waals surface area contributed by atoms with Crippen LogP contribution in [0.15, 0.2) is 92.2 Å². The maximum absolute atomic E-state index is 12.5. The number of ether oxygens (including phenoxy) is 2. The molecule has 0 fully saturated rings. The zero-order valence-electron chi connectivity index (χ0n) is 31.6. The molecular formula is C40H56N6O4. The van der Waals surface area contributed by atoms with Crippen LogP contribution in [-0.2, 0) is 35.7 Å². The molecule has 0 saturated carbocycles. The van der Waals surface area contributed by atoms with Crippen LogP contribution in [0.5, 0.6) is 0 Å². The van der Waals surface area contributed by atoms with E-state index in [1.165, 1.54) is 16.7 Å². The highest BCUT2D eigenvalue weighted by molar-refractivity contribution is 5.77. The van der Waals surface area contributed by atoms with E-state index < -0.39 is 11.2 Å². The van der Waals surface area contributed by atoms with Crippen LogP contribution in [0.4, 0.5) is 9.59 Å². The highest BCUT2D eigenvalue weighted by Crippen LogP contribution is 2.31. The van der Waals surface area contributed by atoms with Crippen molar-refractivity contribution in [3.05, 3.63) is 114 Å². The monoisotopic (exact) mass is 684 g/mol. The van der Waals surface area contributed by atoms with Crippen LogP contribution >= 0.6 is 0 Å². The molecule has 2 aromatic heterocycles. The molecule has 270 valence electrons. The Morgan fingerprint density at radius 2 is 1.30 bits per heavy atom. The average molecular weight is 685 g/mol. The minimum absolute atomic E-state index is 0.238. The van der Waals surface area contributed by atoms with Gasteiger partial charge in [-0.3, -0.25) is 4.90 Å². The van der Waals surface area contributed by atoms with E-state index in [2.05, 4.69) is 38.8 Å². The number of allylic oxidation sites excluding steroid dienone is 1. The number of benzene rings is 2. The molecule has 1 unspecified atom stereocenters. The number of imidazole rings is 2. The number of hydrogen-bond donors (Lipinski definition) is 0. The summed E-state index contributed by atoms with van der Waals surface area (Å²) >= 11 is 0. The van der Waals surface area contributed by atoms with Gasteiger partial charge in [0.15, 0.2) is 0 Å². The Labute approximate surface area is 298 Å². The first-order valence-corrected chi connectivity index (χ1v) is 17.6. The smallest absolute Gasteiger partial charge is 0.414 e. The fourth-order valence-electron chi connectivity index (χ4n) is 5.58. The number of nitrogens with zero attached hydrogens (tertiary/aromatic N) is 6. The average Bonchev–Trinajstić information content (AvgIpc) is 3.80. The predicted molar refractivity (Wildman–Crippen MR) is 199 cm³/mol. The first-order chi connectivity index (χ1) is 23.8.